The number of carbonyl (C=O) groups excluding carboxylic acids is 1. The Morgan fingerprint density at radius 1 is 0.946 bits per heavy atom. The molecule has 0 saturated carbocycles. The highest BCUT2D eigenvalue weighted by molar-refractivity contribution is 6.05. The Morgan fingerprint density at radius 3 is 2.14 bits per heavy atom. The molecule has 37 heavy (non-hydrogen) atoms. The highest BCUT2D eigenvalue weighted by atomic mass is 19.4. The number of benzene rings is 3. The number of carbonyl (C=O) groups is 2. The van der Waals surface area contributed by atoms with Crippen LogP contribution in [-0.4, -0.2) is 35.3 Å². The van der Waals surface area contributed by atoms with Crippen LogP contribution in [0.4, 0.5) is 26.3 Å². The predicted molar refractivity (Wildman–Crippen MR) is 120 cm³/mol. The zero-order chi connectivity index (χ0) is 27.5. The topological polar surface area (TPSA) is 84.9 Å². The molecule has 0 fully saturated rings. The fourth-order valence-corrected chi connectivity index (χ4v) is 3.40. The molecule has 0 aliphatic heterocycles. The summed E-state index contributed by atoms with van der Waals surface area (Å²) in [4.78, 5) is 23.8. The third-order valence-electron chi connectivity index (χ3n) is 5.07. The van der Waals surface area contributed by atoms with Crippen molar-refractivity contribution in [2.24, 2.45) is 0 Å². The first kappa shape index (κ1) is 27.6. The molecule has 12 heteroatoms. The normalized spacial score (nSPS) is 12.9. The number of ether oxygens (including phenoxy) is 2. The number of hydrogen-bond acceptors (Lipinski definition) is 4. The van der Waals surface area contributed by atoms with Crippen molar-refractivity contribution in [3.8, 4) is 11.5 Å². The van der Waals surface area contributed by atoms with Gasteiger partial charge in [-0.15, -0.1) is 0 Å². The van der Waals surface area contributed by atoms with Gasteiger partial charge >= 0.3 is 18.3 Å². The van der Waals surface area contributed by atoms with E-state index in [1.165, 1.54) is 17.4 Å². The molecule has 0 aromatic heterocycles. The van der Waals surface area contributed by atoms with Gasteiger partial charge < -0.3 is 19.9 Å². The summed E-state index contributed by atoms with van der Waals surface area (Å²) in [5, 5.41) is 11.1. The summed E-state index contributed by atoms with van der Waals surface area (Å²) in [6.07, 6.45) is -9.97. The minimum atomic E-state index is -5.26. The summed E-state index contributed by atoms with van der Waals surface area (Å²) in [6.45, 7) is 3.27. The molecular formula is C25H21F6NO5. The van der Waals surface area contributed by atoms with Gasteiger partial charge in [0.1, 0.15) is 18.1 Å². The molecule has 1 unspecified atom stereocenters. The Labute approximate surface area is 206 Å². The second kappa shape index (κ2) is 10.6. The number of fused-ring (bicyclic) bond motifs is 1. The Morgan fingerprint density at radius 2 is 1.59 bits per heavy atom. The lowest BCUT2D eigenvalue weighted by atomic mass is 10.0. The Kier molecular flexibility index (Phi) is 7.89. The van der Waals surface area contributed by atoms with E-state index in [9.17, 15) is 35.9 Å². The summed E-state index contributed by atoms with van der Waals surface area (Å²) in [7, 11) is 0. The van der Waals surface area contributed by atoms with Crippen molar-refractivity contribution in [2.75, 3.05) is 0 Å². The predicted octanol–water partition coefficient (Wildman–Crippen LogP) is 5.97. The van der Waals surface area contributed by atoms with Crippen molar-refractivity contribution in [2.45, 2.75) is 45.0 Å². The van der Waals surface area contributed by atoms with E-state index in [4.69, 9.17) is 14.6 Å². The molecule has 3 rings (SSSR count). The first-order chi connectivity index (χ1) is 17.2. The number of rotatable bonds is 8. The summed E-state index contributed by atoms with van der Waals surface area (Å²) in [5.41, 5.74) is -0.992. The van der Waals surface area contributed by atoms with Crippen LogP contribution in [0, 0.1) is 0 Å². The van der Waals surface area contributed by atoms with Crippen LogP contribution in [0.25, 0.3) is 10.8 Å². The average Bonchev–Trinajstić information content (AvgIpc) is 2.79. The van der Waals surface area contributed by atoms with E-state index >= 15 is 0 Å². The summed E-state index contributed by atoms with van der Waals surface area (Å²) in [6, 6.07) is 8.07. The van der Waals surface area contributed by atoms with E-state index in [-0.39, 0.29) is 29.4 Å². The maximum atomic E-state index is 13.1. The SMILES string of the molecule is CC(C)Oc1ccc2c(OCc3ccc(C(F)(F)F)cc3)c(C(=O)NC(C(=O)O)C(F)(F)F)ccc2c1. The zero-order valence-electron chi connectivity index (χ0n) is 19.4. The molecule has 198 valence electrons. The molecule has 0 aliphatic carbocycles. The van der Waals surface area contributed by atoms with Crippen LogP contribution in [0.3, 0.4) is 0 Å². The Bertz CT molecular complexity index is 1290. The molecule has 1 atom stereocenters. The van der Waals surface area contributed by atoms with Crippen LogP contribution in [0.1, 0.15) is 35.3 Å². The quantitative estimate of drug-likeness (QED) is 0.352. The van der Waals surface area contributed by atoms with E-state index in [0.29, 0.717) is 11.1 Å². The molecule has 3 aromatic carbocycles. The van der Waals surface area contributed by atoms with Crippen LogP contribution >= 0.6 is 0 Å². The summed E-state index contributed by atoms with van der Waals surface area (Å²) < 4.78 is 89.2. The second-order valence-electron chi connectivity index (χ2n) is 8.26. The summed E-state index contributed by atoms with van der Waals surface area (Å²) >= 11 is 0. The number of hydrogen-bond donors (Lipinski definition) is 2. The maximum absolute atomic E-state index is 13.1. The highest BCUT2D eigenvalue weighted by Gasteiger charge is 2.46. The van der Waals surface area contributed by atoms with Gasteiger partial charge in [-0.05, 0) is 61.2 Å². The lowest BCUT2D eigenvalue weighted by molar-refractivity contribution is -0.178. The van der Waals surface area contributed by atoms with Crippen LogP contribution in [0.5, 0.6) is 11.5 Å². The number of halogens is 6. The van der Waals surface area contributed by atoms with Crippen LogP contribution < -0.4 is 14.8 Å². The Hall–Kier alpha value is -3.96. The largest absolute Gasteiger partial charge is 0.491 e. The number of nitrogens with one attached hydrogen (secondary N) is 1. The highest BCUT2D eigenvalue weighted by Crippen LogP contribution is 2.34. The van der Waals surface area contributed by atoms with Crippen molar-refractivity contribution < 1.29 is 50.5 Å². The van der Waals surface area contributed by atoms with E-state index in [0.717, 1.165) is 30.3 Å². The molecule has 1 amide bonds. The van der Waals surface area contributed by atoms with Gasteiger partial charge in [-0.25, -0.2) is 4.79 Å². The van der Waals surface area contributed by atoms with Crippen LogP contribution in [-0.2, 0) is 17.6 Å². The van der Waals surface area contributed by atoms with E-state index in [1.807, 2.05) is 0 Å². The van der Waals surface area contributed by atoms with Crippen molar-refractivity contribution in [3.63, 3.8) is 0 Å². The third kappa shape index (κ3) is 6.83. The molecule has 0 radical (unpaired) electrons. The molecule has 6 nitrogen and oxygen atoms in total. The van der Waals surface area contributed by atoms with Crippen LogP contribution in [0.2, 0.25) is 0 Å². The fourth-order valence-electron chi connectivity index (χ4n) is 3.40. The van der Waals surface area contributed by atoms with Crippen molar-refractivity contribution in [1.82, 2.24) is 5.32 Å². The van der Waals surface area contributed by atoms with Crippen LogP contribution in [0.15, 0.2) is 54.6 Å². The zero-order valence-corrected chi connectivity index (χ0v) is 19.4. The van der Waals surface area contributed by atoms with Crippen molar-refractivity contribution in [3.05, 3.63) is 71.3 Å². The number of carboxylic acid groups (broad SMARTS) is 1. The summed E-state index contributed by atoms with van der Waals surface area (Å²) in [5.74, 6) is -3.38. The van der Waals surface area contributed by atoms with Gasteiger partial charge in [-0.1, -0.05) is 18.2 Å². The van der Waals surface area contributed by atoms with Crippen molar-refractivity contribution >= 4 is 22.6 Å². The van der Waals surface area contributed by atoms with Gasteiger partial charge in [0.2, 0.25) is 6.04 Å². The van der Waals surface area contributed by atoms with Gasteiger partial charge in [-0.2, -0.15) is 26.3 Å². The lowest BCUT2D eigenvalue weighted by Crippen LogP contribution is -2.50. The van der Waals surface area contributed by atoms with Crippen molar-refractivity contribution in [1.29, 1.82) is 0 Å². The number of carboxylic acids is 1. The minimum absolute atomic E-state index is 0.159. The Balaban J connectivity index is 2.00. The molecule has 0 aliphatic rings. The molecule has 0 spiro atoms. The smallest absolute Gasteiger partial charge is 0.419 e. The lowest BCUT2D eigenvalue weighted by Gasteiger charge is -2.20. The number of amides is 1. The molecule has 0 bridgehead atoms. The fraction of sp³-hybridized carbons (Fsp3) is 0.280. The molecule has 3 aromatic rings. The van der Waals surface area contributed by atoms with E-state index in [2.05, 4.69) is 0 Å². The molecule has 0 saturated heterocycles. The van der Waals surface area contributed by atoms with E-state index in [1.54, 1.807) is 26.0 Å². The van der Waals surface area contributed by atoms with E-state index < -0.39 is 41.4 Å². The molecule has 2 N–H and O–H groups in total. The minimum Gasteiger partial charge on any atom is -0.491 e. The first-order valence-corrected chi connectivity index (χ1v) is 10.8. The third-order valence-corrected chi connectivity index (χ3v) is 5.07. The molecule has 0 heterocycles. The average molecular weight is 529 g/mol. The standard InChI is InChI=1S/C25H21F6NO5/c1-13(2)37-17-8-10-18-15(11-17)5-9-19(22(33)32-21(23(34)35)25(29,30)31)20(18)36-12-14-3-6-16(7-4-14)24(26,27)28/h3-11,13,21H,12H2,1-2H3,(H,32,33)(H,34,35). The maximum Gasteiger partial charge on any atom is 0.419 e. The van der Waals surface area contributed by atoms with Gasteiger partial charge in [0.05, 0.1) is 17.2 Å². The second-order valence-corrected chi connectivity index (χ2v) is 8.26. The number of alkyl halides is 6. The number of aliphatic carboxylic acids is 1. The van der Waals surface area contributed by atoms with Gasteiger partial charge in [0.15, 0.2) is 0 Å². The van der Waals surface area contributed by atoms with Gasteiger partial charge in [0.25, 0.3) is 5.91 Å². The van der Waals surface area contributed by atoms with Gasteiger partial charge in [-0.3, -0.25) is 4.79 Å². The monoisotopic (exact) mass is 529 g/mol. The first-order valence-electron chi connectivity index (χ1n) is 10.8. The van der Waals surface area contributed by atoms with Gasteiger partial charge in [0, 0.05) is 5.39 Å². The molecular weight excluding hydrogens is 508 g/mol.